The number of hydrogen-bond donors (Lipinski definition) is 1. The highest BCUT2D eigenvalue weighted by molar-refractivity contribution is 7.09. The Morgan fingerprint density at radius 3 is 2.69 bits per heavy atom. The van der Waals surface area contributed by atoms with Gasteiger partial charge >= 0.3 is 0 Å². The number of thiazole rings is 1. The monoisotopic (exact) mass is 380 g/mol. The van der Waals surface area contributed by atoms with Crippen molar-refractivity contribution in [2.45, 2.75) is 19.6 Å². The Morgan fingerprint density at radius 1 is 1.19 bits per heavy atom. The molecular weight excluding hydrogens is 356 g/mol. The Labute approximate surface area is 157 Å². The minimum absolute atomic E-state index is 0.211. The summed E-state index contributed by atoms with van der Waals surface area (Å²) in [6, 6.07) is 5.36. The second-order valence-corrected chi connectivity index (χ2v) is 6.45. The fourth-order valence-electron chi connectivity index (χ4n) is 2.27. The minimum Gasteiger partial charge on any atom is -0.493 e. The van der Waals surface area contributed by atoms with Crippen LogP contribution in [0.1, 0.15) is 34.0 Å². The van der Waals surface area contributed by atoms with E-state index in [-0.39, 0.29) is 11.9 Å². The first-order chi connectivity index (χ1) is 12.6. The number of benzene rings is 1. The number of rotatable bonds is 10. The van der Waals surface area contributed by atoms with Crippen LogP contribution in [0.15, 0.2) is 23.6 Å². The largest absolute Gasteiger partial charge is 0.493 e. The molecule has 1 unspecified atom stereocenters. The third-order valence-electron chi connectivity index (χ3n) is 3.63. The third kappa shape index (κ3) is 5.42. The number of ether oxygens (including phenoxy) is 4. The van der Waals surface area contributed by atoms with Crippen LogP contribution >= 0.6 is 11.3 Å². The molecule has 0 saturated carbocycles. The van der Waals surface area contributed by atoms with Crippen molar-refractivity contribution in [3.8, 4) is 11.5 Å². The molecule has 1 N–H and O–H groups in total. The van der Waals surface area contributed by atoms with Gasteiger partial charge in [0.1, 0.15) is 17.3 Å². The Hall–Kier alpha value is -2.16. The van der Waals surface area contributed by atoms with Crippen molar-refractivity contribution >= 4 is 17.2 Å². The molecule has 0 fully saturated rings. The fraction of sp³-hybridized carbons (Fsp3) is 0.444. The zero-order valence-corrected chi connectivity index (χ0v) is 16.2. The minimum atomic E-state index is -0.226. The fourth-order valence-corrected chi connectivity index (χ4v) is 3.01. The number of methoxy groups -OCH3 is 3. The molecule has 0 bridgehead atoms. The lowest BCUT2D eigenvalue weighted by Crippen LogP contribution is -2.27. The van der Waals surface area contributed by atoms with Crippen molar-refractivity contribution in [3.63, 3.8) is 0 Å². The molecule has 2 aromatic rings. The van der Waals surface area contributed by atoms with Crippen LogP contribution in [0.2, 0.25) is 0 Å². The van der Waals surface area contributed by atoms with Gasteiger partial charge in [0.15, 0.2) is 11.5 Å². The van der Waals surface area contributed by atoms with Crippen LogP contribution in [0.4, 0.5) is 0 Å². The molecule has 8 heteroatoms. The van der Waals surface area contributed by atoms with E-state index in [1.54, 1.807) is 26.7 Å². The molecule has 0 spiro atoms. The van der Waals surface area contributed by atoms with Crippen molar-refractivity contribution in [3.05, 3.63) is 39.8 Å². The molecule has 1 aromatic carbocycles. The summed E-state index contributed by atoms with van der Waals surface area (Å²) in [6.07, 6.45) is 0. The molecule has 1 aromatic heterocycles. The number of carbonyl (C=O) groups is 1. The van der Waals surface area contributed by atoms with Gasteiger partial charge in [-0.15, -0.1) is 11.3 Å². The first kappa shape index (κ1) is 20.2. The molecule has 1 atom stereocenters. The molecule has 0 aliphatic carbocycles. The summed E-state index contributed by atoms with van der Waals surface area (Å²) in [7, 11) is 4.80. The van der Waals surface area contributed by atoms with Gasteiger partial charge in [-0.05, 0) is 24.6 Å². The quantitative estimate of drug-likeness (QED) is 0.639. The third-order valence-corrected chi connectivity index (χ3v) is 4.45. The number of nitrogens with one attached hydrogen (secondary N) is 1. The molecule has 0 aliphatic heterocycles. The highest BCUT2D eigenvalue weighted by Crippen LogP contribution is 2.30. The molecule has 1 heterocycles. The van der Waals surface area contributed by atoms with E-state index in [1.165, 1.54) is 11.3 Å². The van der Waals surface area contributed by atoms with Gasteiger partial charge in [-0.1, -0.05) is 6.07 Å². The van der Waals surface area contributed by atoms with Crippen molar-refractivity contribution in [2.75, 3.05) is 34.5 Å². The highest BCUT2D eigenvalue weighted by Gasteiger charge is 2.16. The van der Waals surface area contributed by atoms with Crippen LogP contribution in [0, 0.1) is 0 Å². The van der Waals surface area contributed by atoms with Gasteiger partial charge in [-0.25, -0.2) is 4.98 Å². The SMILES string of the molecule is COCCOc1ccc(C(C)NC(=O)c2csc(COC)n2)cc1OC. The molecule has 0 aliphatic rings. The zero-order chi connectivity index (χ0) is 18.9. The molecule has 142 valence electrons. The topological polar surface area (TPSA) is 78.9 Å². The van der Waals surface area contributed by atoms with E-state index >= 15 is 0 Å². The molecule has 26 heavy (non-hydrogen) atoms. The van der Waals surface area contributed by atoms with E-state index in [1.807, 2.05) is 25.1 Å². The van der Waals surface area contributed by atoms with Gasteiger partial charge in [0.05, 0.1) is 26.4 Å². The highest BCUT2D eigenvalue weighted by atomic mass is 32.1. The van der Waals surface area contributed by atoms with Crippen LogP contribution in [-0.4, -0.2) is 45.4 Å². The summed E-state index contributed by atoms with van der Waals surface area (Å²) >= 11 is 1.40. The normalized spacial score (nSPS) is 11.8. The van der Waals surface area contributed by atoms with Gasteiger partial charge in [0.2, 0.25) is 0 Å². The molecule has 0 radical (unpaired) electrons. The summed E-state index contributed by atoms with van der Waals surface area (Å²) in [6.45, 7) is 3.23. The zero-order valence-electron chi connectivity index (χ0n) is 15.4. The predicted octanol–water partition coefficient (Wildman–Crippen LogP) is 2.81. The van der Waals surface area contributed by atoms with E-state index in [9.17, 15) is 4.79 Å². The van der Waals surface area contributed by atoms with Crippen LogP contribution in [0.25, 0.3) is 0 Å². The first-order valence-corrected chi connectivity index (χ1v) is 9.00. The van der Waals surface area contributed by atoms with E-state index < -0.39 is 0 Å². The van der Waals surface area contributed by atoms with Crippen LogP contribution in [-0.2, 0) is 16.1 Å². The summed E-state index contributed by atoms with van der Waals surface area (Å²) < 4.78 is 21.0. The van der Waals surface area contributed by atoms with Crippen molar-refractivity contribution in [1.29, 1.82) is 0 Å². The maximum absolute atomic E-state index is 12.4. The lowest BCUT2D eigenvalue weighted by molar-refractivity contribution is 0.0934. The maximum atomic E-state index is 12.4. The Morgan fingerprint density at radius 2 is 2.00 bits per heavy atom. The smallest absolute Gasteiger partial charge is 0.271 e. The van der Waals surface area contributed by atoms with Crippen LogP contribution < -0.4 is 14.8 Å². The Kier molecular flexibility index (Phi) is 7.83. The van der Waals surface area contributed by atoms with E-state index in [4.69, 9.17) is 18.9 Å². The average Bonchev–Trinajstić information content (AvgIpc) is 3.11. The maximum Gasteiger partial charge on any atom is 0.271 e. The lowest BCUT2D eigenvalue weighted by Gasteiger charge is -2.16. The molecule has 7 nitrogen and oxygen atoms in total. The Balaban J connectivity index is 2.03. The molecule has 0 saturated heterocycles. The van der Waals surface area contributed by atoms with Gasteiger partial charge in [-0.3, -0.25) is 4.79 Å². The van der Waals surface area contributed by atoms with Gasteiger partial charge < -0.3 is 24.3 Å². The average molecular weight is 380 g/mol. The number of aromatic nitrogens is 1. The van der Waals surface area contributed by atoms with Crippen molar-refractivity contribution < 1.29 is 23.7 Å². The van der Waals surface area contributed by atoms with E-state index in [0.717, 1.165) is 10.6 Å². The number of amides is 1. The van der Waals surface area contributed by atoms with Crippen LogP contribution in [0.3, 0.4) is 0 Å². The molecule has 1 amide bonds. The summed E-state index contributed by atoms with van der Waals surface area (Å²) in [5.74, 6) is 1.02. The first-order valence-electron chi connectivity index (χ1n) is 8.13. The van der Waals surface area contributed by atoms with Gasteiger partial charge in [0.25, 0.3) is 5.91 Å². The van der Waals surface area contributed by atoms with Crippen LogP contribution in [0.5, 0.6) is 11.5 Å². The summed E-state index contributed by atoms with van der Waals surface area (Å²) in [4.78, 5) is 16.6. The summed E-state index contributed by atoms with van der Waals surface area (Å²) in [5, 5.41) is 5.43. The molecular formula is C18H24N2O5S. The van der Waals surface area contributed by atoms with Crippen molar-refractivity contribution in [2.24, 2.45) is 0 Å². The van der Waals surface area contributed by atoms with E-state index in [0.29, 0.717) is 37.0 Å². The second-order valence-electron chi connectivity index (χ2n) is 5.51. The van der Waals surface area contributed by atoms with E-state index in [2.05, 4.69) is 10.3 Å². The summed E-state index contributed by atoms with van der Waals surface area (Å²) in [5.41, 5.74) is 1.29. The van der Waals surface area contributed by atoms with Gasteiger partial charge in [-0.2, -0.15) is 0 Å². The number of carbonyl (C=O) groups excluding carboxylic acids is 1. The molecule has 2 rings (SSSR count). The number of nitrogens with zero attached hydrogens (tertiary/aromatic N) is 1. The van der Waals surface area contributed by atoms with Gasteiger partial charge in [0, 0.05) is 19.6 Å². The van der Waals surface area contributed by atoms with Crippen molar-refractivity contribution in [1.82, 2.24) is 10.3 Å². The lowest BCUT2D eigenvalue weighted by atomic mass is 10.1. The number of hydrogen-bond acceptors (Lipinski definition) is 7. The predicted molar refractivity (Wildman–Crippen MR) is 99.1 cm³/mol. The standard InChI is InChI=1S/C18H24N2O5S/c1-12(19-18(21)14-11-26-17(20-14)10-23-3)13-5-6-15(16(9-13)24-4)25-8-7-22-2/h5-6,9,11-12H,7-8,10H2,1-4H3,(H,19,21). The Bertz CT molecular complexity index is 719. The second kappa shape index (κ2) is 10.1.